The molecule has 0 bridgehead atoms. The predicted molar refractivity (Wildman–Crippen MR) is 97.3 cm³/mol. The Morgan fingerprint density at radius 1 is 1.16 bits per heavy atom. The zero-order valence-electron chi connectivity index (χ0n) is 14.9. The Morgan fingerprint density at radius 3 is 2.32 bits per heavy atom. The second-order valence-electron chi connectivity index (χ2n) is 8.00. The highest BCUT2D eigenvalue weighted by Crippen LogP contribution is 2.41. The van der Waals surface area contributed by atoms with E-state index >= 15 is 0 Å². The highest BCUT2D eigenvalue weighted by Gasteiger charge is 2.48. The normalized spacial score (nSPS) is 19.5. The van der Waals surface area contributed by atoms with Crippen molar-refractivity contribution in [1.82, 2.24) is 14.8 Å². The Bertz CT molecular complexity index is 653. The first-order valence-electron chi connectivity index (χ1n) is 8.56. The zero-order valence-corrected chi connectivity index (χ0v) is 16.5. The van der Waals surface area contributed by atoms with Crippen LogP contribution in [-0.4, -0.2) is 58.6 Å². The molecule has 0 atom stereocenters. The fraction of sp³-hybridized carbons (Fsp3) is 0.611. The number of hydrogen-bond donors (Lipinski definition) is 0. The summed E-state index contributed by atoms with van der Waals surface area (Å²) in [5.41, 5.74) is 0.295. The van der Waals surface area contributed by atoms with Gasteiger partial charge < -0.3 is 14.5 Å². The third kappa shape index (κ3) is 4.14. The average molecular weight is 410 g/mol. The maximum absolute atomic E-state index is 12.5. The summed E-state index contributed by atoms with van der Waals surface area (Å²) >= 11 is 3.28. The average Bonchev–Trinajstić information content (AvgIpc) is 2.51. The van der Waals surface area contributed by atoms with Crippen molar-refractivity contribution >= 4 is 27.9 Å². The molecule has 6 nitrogen and oxygen atoms in total. The van der Waals surface area contributed by atoms with Gasteiger partial charge in [-0.1, -0.05) is 0 Å². The lowest BCUT2D eigenvalue weighted by atomic mass is 9.72. The molecule has 0 saturated carbocycles. The number of aromatic nitrogens is 1. The van der Waals surface area contributed by atoms with Gasteiger partial charge in [0, 0.05) is 37.8 Å². The molecule has 0 aromatic carbocycles. The fourth-order valence-electron chi connectivity index (χ4n) is 3.40. The maximum Gasteiger partial charge on any atom is 0.410 e. The summed E-state index contributed by atoms with van der Waals surface area (Å²) in [5, 5.41) is 0. The first-order valence-corrected chi connectivity index (χ1v) is 9.36. The first-order chi connectivity index (χ1) is 11.7. The van der Waals surface area contributed by atoms with Crippen molar-refractivity contribution in [1.29, 1.82) is 0 Å². The number of amides is 2. The lowest BCUT2D eigenvalue weighted by Gasteiger charge is -2.53. The van der Waals surface area contributed by atoms with E-state index in [1.165, 1.54) is 0 Å². The van der Waals surface area contributed by atoms with E-state index in [2.05, 4.69) is 20.9 Å². The molecular formula is C18H24BrN3O3. The molecule has 1 aromatic rings. The molecule has 3 rings (SSSR count). The summed E-state index contributed by atoms with van der Waals surface area (Å²) in [5.74, 6) is 0.0261. The van der Waals surface area contributed by atoms with Crippen LogP contribution in [0.15, 0.2) is 22.9 Å². The van der Waals surface area contributed by atoms with Crippen molar-refractivity contribution in [3.05, 3.63) is 28.5 Å². The SMILES string of the molecule is CC(C)(C)OC(=O)N1CC2(CCN(C(=O)c3ccc(Br)nc3)CC2)C1. The third-order valence-electron chi connectivity index (χ3n) is 4.79. The zero-order chi connectivity index (χ0) is 18.2. The van der Waals surface area contributed by atoms with Gasteiger partial charge in [-0.15, -0.1) is 0 Å². The van der Waals surface area contributed by atoms with E-state index in [0.717, 1.165) is 43.6 Å². The number of halogens is 1. The molecule has 2 saturated heterocycles. The number of carbonyl (C=O) groups excluding carboxylic acids is 2. The van der Waals surface area contributed by atoms with E-state index in [9.17, 15) is 9.59 Å². The Morgan fingerprint density at radius 2 is 1.80 bits per heavy atom. The van der Waals surface area contributed by atoms with E-state index in [1.54, 1.807) is 23.2 Å². The molecule has 1 aromatic heterocycles. The Balaban J connectivity index is 1.51. The molecule has 3 heterocycles. The standard InChI is InChI=1S/C18H24BrN3O3/c1-17(2,3)25-16(24)22-11-18(12-22)6-8-21(9-7-18)15(23)13-4-5-14(19)20-10-13/h4-5,10H,6-9,11-12H2,1-3H3. The van der Waals surface area contributed by atoms with Crippen molar-refractivity contribution < 1.29 is 14.3 Å². The third-order valence-corrected chi connectivity index (χ3v) is 5.26. The minimum absolute atomic E-state index is 0.0261. The fourth-order valence-corrected chi connectivity index (χ4v) is 3.64. The number of ether oxygens (including phenoxy) is 1. The number of rotatable bonds is 1. The molecule has 0 radical (unpaired) electrons. The van der Waals surface area contributed by atoms with Crippen LogP contribution in [0.25, 0.3) is 0 Å². The van der Waals surface area contributed by atoms with Crippen LogP contribution in [0.1, 0.15) is 44.0 Å². The monoisotopic (exact) mass is 409 g/mol. The molecule has 0 unspecified atom stereocenters. The van der Waals surface area contributed by atoms with Crippen LogP contribution in [-0.2, 0) is 4.74 Å². The van der Waals surface area contributed by atoms with Crippen molar-refractivity contribution in [2.75, 3.05) is 26.2 Å². The highest BCUT2D eigenvalue weighted by atomic mass is 79.9. The van der Waals surface area contributed by atoms with Crippen LogP contribution in [0.2, 0.25) is 0 Å². The second-order valence-corrected chi connectivity index (χ2v) is 8.81. The van der Waals surface area contributed by atoms with E-state index in [1.807, 2.05) is 25.7 Å². The molecule has 2 amide bonds. The van der Waals surface area contributed by atoms with E-state index in [-0.39, 0.29) is 17.4 Å². The topological polar surface area (TPSA) is 62.7 Å². The minimum atomic E-state index is -0.464. The number of likely N-dealkylation sites (tertiary alicyclic amines) is 2. The van der Waals surface area contributed by atoms with Crippen molar-refractivity contribution in [3.8, 4) is 0 Å². The van der Waals surface area contributed by atoms with Crippen LogP contribution >= 0.6 is 15.9 Å². The van der Waals surface area contributed by atoms with Gasteiger partial charge in [0.25, 0.3) is 5.91 Å². The predicted octanol–water partition coefficient (Wildman–Crippen LogP) is 3.32. The van der Waals surface area contributed by atoms with Gasteiger partial charge >= 0.3 is 6.09 Å². The Kier molecular flexibility index (Phi) is 4.79. The molecule has 0 aliphatic carbocycles. The molecule has 2 aliphatic rings. The van der Waals surface area contributed by atoms with Gasteiger partial charge in [0.15, 0.2) is 0 Å². The summed E-state index contributed by atoms with van der Waals surface area (Å²) < 4.78 is 6.13. The number of pyridine rings is 1. The van der Waals surface area contributed by atoms with Gasteiger partial charge in [0.2, 0.25) is 0 Å². The lowest BCUT2D eigenvalue weighted by Crippen LogP contribution is -2.62. The summed E-state index contributed by atoms with van der Waals surface area (Å²) in [6, 6.07) is 3.57. The largest absolute Gasteiger partial charge is 0.444 e. The van der Waals surface area contributed by atoms with Crippen LogP contribution in [0.4, 0.5) is 4.79 Å². The van der Waals surface area contributed by atoms with Crippen LogP contribution in [0.5, 0.6) is 0 Å². The van der Waals surface area contributed by atoms with Crippen molar-refractivity contribution in [2.24, 2.45) is 5.41 Å². The molecule has 0 N–H and O–H groups in total. The summed E-state index contributed by atoms with van der Waals surface area (Å²) in [7, 11) is 0. The summed E-state index contributed by atoms with van der Waals surface area (Å²) in [6.45, 7) is 8.52. The van der Waals surface area contributed by atoms with E-state index < -0.39 is 5.60 Å². The van der Waals surface area contributed by atoms with Gasteiger partial charge in [-0.05, 0) is 61.7 Å². The molecule has 7 heteroatoms. The van der Waals surface area contributed by atoms with Gasteiger partial charge in [-0.2, -0.15) is 0 Å². The quantitative estimate of drug-likeness (QED) is 0.667. The number of nitrogens with zero attached hydrogens (tertiary/aromatic N) is 3. The van der Waals surface area contributed by atoms with Gasteiger partial charge in [0.05, 0.1) is 5.56 Å². The molecule has 2 fully saturated rings. The Hall–Kier alpha value is -1.63. The molecule has 2 aliphatic heterocycles. The first kappa shape index (κ1) is 18.2. The molecule has 1 spiro atoms. The molecule has 25 heavy (non-hydrogen) atoms. The van der Waals surface area contributed by atoms with E-state index in [0.29, 0.717) is 5.56 Å². The summed E-state index contributed by atoms with van der Waals surface area (Å²) in [6.07, 6.45) is 3.20. The minimum Gasteiger partial charge on any atom is -0.444 e. The molecular weight excluding hydrogens is 386 g/mol. The highest BCUT2D eigenvalue weighted by molar-refractivity contribution is 9.10. The van der Waals surface area contributed by atoms with Gasteiger partial charge in [-0.3, -0.25) is 4.79 Å². The Labute approximate surface area is 156 Å². The van der Waals surface area contributed by atoms with Crippen LogP contribution in [0, 0.1) is 5.41 Å². The van der Waals surface area contributed by atoms with Crippen LogP contribution < -0.4 is 0 Å². The second kappa shape index (κ2) is 6.59. The van der Waals surface area contributed by atoms with Crippen LogP contribution in [0.3, 0.4) is 0 Å². The van der Waals surface area contributed by atoms with Gasteiger partial charge in [0.1, 0.15) is 10.2 Å². The lowest BCUT2D eigenvalue weighted by molar-refractivity contribution is -0.0563. The summed E-state index contributed by atoms with van der Waals surface area (Å²) in [4.78, 5) is 32.4. The van der Waals surface area contributed by atoms with Crippen molar-refractivity contribution in [2.45, 2.75) is 39.2 Å². The van der Waals surface area contributed by atoms with Gasteiger partial charge in [-0.25, -0.2) is 9.78 Å². The maximum atomic E-state index is 12.5. The van der Waals surface area contributed by atoms with Crippen molar-refractivity contribution in [3.63, 3.8) is 0 Å². The number of hydrogen-bond acceptors (Lipinski definition) is 4. The number of carbonyl (C=O) groups is 2. The van der Waals surface area contributed by atoms with E-state index in [4.69, 9.17) is 4.74 Å². The smallest absolute Gasteiger partial charge is 0.410 e. The molecule has 136 valence electrons. The number of piperidine rings is 1.